The fraction of sp³-hybridized carbons (Fsp3) is 0.875. The van der Waals surface area contributed by atoms with E-state index in [9.17, 15) is 15.0 Å². The van der Waals surface area contributed by atoms with Crippen LogP contribution in [0.1, 0.15) is 19.8 Å². The highest BCUT2D eigenvalue weighted by Gasteiger charge is 2.54. The van der Waals surface area contributed by atoms with Crippen LogP contribution in [-0.2, 0) is 9.53 Å². The van der Waals surface area contributed by atoms with Gasteiger partial charge in [-0.1, -0.05) is 0 Å². The van der Waals surface area contributed by atoms with Gasteiger partial charge in [0.25, 0.3) is 0 Å². The van der Waals surface area contributed by atoms with Gasteiger partial charge in [0, 0.05) is 5.92 Å². The van der Waals surface area contributed by atoms with Crippen molar-refractivity contribution < 1.29 is 19.7 Å². The monoisotopic (exact) mass is 172 g/mol. The zero-order chi connectivity index (χ0) is 8.93. The van der Waals surface area contributed by atoms with Crippen LogP contribution in [-0.4, -0.2) is 34.0 Å². The molecule has 0 aromatic heterocycles. The Balaban J connectivity index is 2.19. The maximum Gasteiger partial charge on any atom is 0.306 e. The quantitative estimate of drug-likeness (QED) is 0.480. The predicted molar refractivity (Wildman–Crippen MR) is 39.2 cm³/mol. The normalized spacial score (nSPS) is 52.2. The fourth-order valence-electron chi connectivity index (χ4n) is 2.14. The van der Waals surface area contributed by atoms with Crippen molar-refractivity contribution in [3.8, 4) is 0 Å². The summed E-state index contributed by atoms with van der Waals surface area (Å²) in [5.41, 5.74) is -1.09. The summed E-state index contributed by atoms with van der Waals surface area (Å²) in [6.45, 7) is 1.57. The first kappa shape index (κ1) is 8.01. The number of aliphatic hydroxyl groups is 2. The molecule has 0 aromatic rings. The maximum atomic E-state index is 10.8. The van der Waals surface area contributed by atoms with E-state index in [4.69, 9.17) is 4.74 Å². The van der Waals surface area contributed by atoms with Crippen molar-refractivity contribution >= 4 is 5.97 Å². The molecular formula is C8H12O4. The molecular weight excluding hydrogens is 160 g/mol. The number of carbonyl (C=O) groups excluding carboxylic acids is 1. The van der Waals surface area contributed by atoms with Gasteiger partial charge in [0.1, 0.15) is 12.2 Å². The smallest absolute Gasteiger partial charge is 0.306 e. The Bertz CT molecular complexity index is 223. The van der Waals surface area contributed by atoms with E-state index in [-0.39, 0.29) is 11.9 Å². The third-order valence-corrected chi connectivity index (χ3v) is 2.78. The Morgan fingerprint density at radius 3 is 2.92 bits per heavy atom. The van der Waals surface area contributed by atoms with Gasteiger partial charge in [-0.15, -0.1) is 0 Å². The third kappa shape index (κ3) is 0.949. The number of fused-ring (bicyclic) bond motifs is 1. The van der Waals surface area contributed by atoms with Crippen LogP contribution >= 0.6 is 0 Å². The molecule has 1 heterocycles. The zero-order valence-corrected chi connectivity index (χ0v) is 6.86. The van der Waals surface area contributed by atoms with Gasteiger partial charge in [0.15, 0.2) is 0 Å². The van der Waals surface area contributed by atoms with E-state index in [1.807, 2.05) is 0 Å². The Kier molecular flexibility index (Phi) is 1.47. The van der Waals surface area contributed by atoms with Crippen LogP contribution in [0.15, 0.2) is 0 Å². The van der Waals surface area contributed by atoms with Crippen LogP contribution in [0.5, 0.6) is 0 Å². The second kappa shape index (κ2) is 2.20. The van der Waals surface area contributed by atoms with E-state index in [2.05, 4.69) is 0 Å². The van der Waals surface area contributed by atoms with Gasteiger partial charge in [-0.25, -0.2) is 0 Å². The summed E-state index contributed by atoms with van der Waals surface area (Å²) in [5, 5.41) is 19.1. The molecule has 0 spiro atoms. The zero-order valence-electron chi connectivity index (χ0n) is 6.86. The van der Waals surface area contributed by atoms with E-state index in [0.717, 1.165) is 0 Å². The minimum atomic E-state index is -1.09. The summed E-state index contributed by atoms with van der Waals surface area (Å²) in [6, 6.07) is 0. The van der Waals surface area contributed by atoms with E-state index in [0.29, 0.717) is 12.8 Å². The lowest BCUT2D eigenvalue weighted by atomic mass is 10.0. The molecule has 2 rings (SSSR count). The molecule has 0 unspecified atom stereocenters. The highest BCUT2D eigenvalue weighted by atomic mass is 16.6. The van der Waals surface area contributed by atoms with Gasteiger partial charge in [-0.2, -0.15) is 0 Å². The van der Waals surface area contributed by atoms with Crippen LogP contribution in [0.25, 0.3) is 0 Å². The number of aliphatic hydroxyl groups excluding tert-OH is 1. The molecule has 2 aliphatic rings. The van der Waals surface area contributed by atoms with Crippen molar-refractivity contribution in [2.24, 2.45) is 5.92 Å². The van der Waals surface area contributed by atoms with Gasteiger partial charge < -0.3 is 14.9 Å². The molecule has 4 nitrogen and oxygen atoms in total. The van der Waals surface area contributed by atoms with E-state index in [1.54, 1.807) is 6.92 Å². The third-order valence-electron chi connectivity index (χ3n) is 2.78. The van der Waals surface area contributed by atoms with Gasteiger partial charge in [-0.3, -0.25) is 4.79 Å². The van der Waals surface area contributed by atoms with E-state index >= 15 is 0 Å². The summed E-state index contributed by atoms with van der Waals surface area (Å²) in [6.07, 6.45) is -0.621. The van der Waals surface area contributed by atoms with Crippen LogP contribution in [0, 0.1) is 5.92 Å². The molecule has 0 aromatic carbocycles. The lowest BCUT2D eigenvalue weighted by Crippen LogP contribution is -2.40. The summed E-state index contributed by atoms with van der Waals surface area (Å²) < 4.78 is 4.88. The molecule has 68 valence electrons. The van der Waals surface area contributed by atoms with Crippen LogP contribution in [0.4, 0.5) is 0 Å². The fourth-order valence-corrected chi connectivity index (χ4v) is 2.14. The standard InChI is InChI=1S/C8H12O4/c1-8(11)3-4-2-5(9)12-6(4)7(8)10/h4,6-7,10-11H,2-3H2,1H3/t4-,6-,7-,8-/m0/s1. The number of hydrogen-bond acceptors (Lipinski definition) is 4. The van der Waals surface area contributed by atoms with Crippen molar-refractivity contribution in [1.29, 1.82) is 0 Å². The second-order valence-electron chi connectivity index (χ2n) is 3.92. The first-order valence-corrected chi connectivity index (χ1v) is 4.10. The number of hydrogen-bond donors (Lipinski definition) is 2. The number of esters is 1. The highest BCUT2D eigenvalue weighted by Crippen LogP contribution is 2.42. The van der Waals surface area contributed by atoms with E-state index in [1.165, 1.54) is 0 Å². The highest BCUT2D eigenvalue weighted by molar-refractivity contribution is 5.72. The Morgan fingerprint density at radius 2 is 2.33 bits per heavy atom. The number of carbonyl (C=O) groups is 1. The van der Waals surface area contributed by atoms with E-state index < -0.39 is 17.8 Å². The van der Waals surface area contributed by atoms with Crippen molar-refractivity contribution in [3.63, 3.8) is 0 Å². The lowest BCUT2D eigenvalue weighted by molar-refractivity contribution is -0.150. The minimum absolute atomic E-state index is 0.00231. The first-order valence-electron chi connectivity index (χ1n) is 4.10. The molecule has 1 saturated heterocycles. The van der Waals surface area contributed by atoms with Crippen molar-refractivity contribution in [2.45, 2.75) is 37.6 Å². The van der Waals surface area contributed by atoms with Crippen molar-refractivity contribution in [2.75, 3.05) is 0 Å². The minimum Gasteiger partial charge on any atom is -0.459 e. The molecule has 12 heavy (non-hydrogen) atoms. The Labute approximate surface area is 70.1 Å². The molecule has 1 aliphatic heterocycles. The molecule has 0 radical (unpaired) electrons. The van der Waals surface area contributed by atoms with Gasteiger partial charge in [-0.05, 0) is 13.3 Å². The Morgan fingerprint density at radius 1 is 1.67 bits per heavy atom. The second-order valence-corrected chi connectivity index (χ2v) is 3.92. The maximum absolute atomic E-state index is 10.8. The molecule has 1 saturated carbocycles. The molecule has 0 bridgehead atoms. The molecule has 4 atom stereocenters. The van der Waals surface area contributed by atoms with Crippen molar-refractivity contribution in [1.82, 2.24) is 0 Å². The average Bonchev–Trinajstić information content (AvgIpc) is 2.35. The number of rotatable bonds is 0. The average molecular weight is 172 g/mol. The summed E-state index contributed by atoms with van der Waals surface area (Å²) in [7, 11) is 0. The van der Waals surface area contributed by atoms with Crippen LogP contribution in [0.3, 0.4) is 0 Å². The predicted octanol–water partition coefficient (Wildman–Crippen LogP) is -0.566. The topological polar surface area (TPSA) is 66.8 Å². The van der Waals surface area contributed by atoms with Gasteiger partial charge >= 0.3 is 5.97 Å². The SMILES string of the molecule is C[C@]1(O)C[C@@H]2CC(=O)O[C@@H]2[C@@H]1O. The first-order chi connectivity index (χ1) is 5.50. The Hall–Kier alpha value is -0.610. The molecule has 1 aliphatic carbocycles. The van der Waals surface area contributed by atoms with Crippen LogP contribution < -0.4 is 0 Å². The largest absolute Gasteiger partial charge is 0.459 e. The van der Waals surface area contributed by atoms with Gasteiger partial charge in [0.05, 0.1) is 12.0 Å². The lowest BCUT2D eigenvalue weighted by Gasteiger charge is -2.23. The number of ether oxygens (including phenoxy) is 1. The molecule has 2 fully saturated rings. The summed E-state index contributed by atoms with van der Waals surface area (Å²) in [5.74, 6) is -0.262. The molecule has 0 amide bonds. The summed E-state index contributed by atoms with van der Waals surface area (Å²) >= 11 is 0. The van der Waals surface area contributed by atoms with Crippen LogP contribution in [0.2, 0.25) is 0 Å². The van der Waals surface area contributed by atoms with Crippen molar-refractivity contribution in [3.05, 3.63) is 0 Å². The molecule has 2 N–H and O–H groups in total. The molecule has 4 heteroatoms. The summed E-state index contributed by atoms with van der Waals surface area (Å²) in [4.78, 5) is 10.8. The van der Waals surface area contributed by atoms with Gasteiger partial charge in [0.2, 0.25) is 0 Å².